The maximum absolute atomic E-state index is 11.7. The minimum absolute atomic E-state index is 0.0110. The van der Waals surface area contributed by atoms with Gasteiger partial charge < -0.3 is 26.0 Å². The number of imidazole rings is 1. The number of carbonyl (C=O) groups is 1. The first-order valence-corrected chi connectivity index (χ1v) is 7.68. The lowest BCUT2D eigenvalue weighted by molar-refractivity contribution is -0.150. The number of aromatic amines is 1. The fraction of sp³-hybridized carbons (Fsp3) is 0.571. The second-order valence-corrected chi connectivity index (χ2v) is 5.89. The number of aliphatic hydroxyl groups is 1. The molecule has 1 unspecified atom stereocenters. The molecule has 2 heterocycles. The molecular weight excluding hydrogens is 332 g/mol. The number of fused-ring (bicyclic) bond motifs is 1. The SMILES string of the molecule is CC(C)[C@H](N)C(=O)OCC(O)COCn1cnc2c(=O)[nH]c(N)nc21. The summed E-state index contributed by atoms with van der Waals surface area (Å²) < 4.78 is 11.7. The van der Waals surface area contributed by atoms with Gasteiger partial charge in [0.15, 0.2) is 11.2 Å². The van der Waals surface area contributed by atoms with E-state index in [0.717, 1.165) is 0 Å². The number of nitrogen functional groups attached to an aromatic ring is 1. The van der Waals surface area contributed by atoms with Crippen LogP contribution in [0.5, 0.6) is 0 Å². The number of hydrogen-bond acceptors (Lipinski definition) is 9. The topological polar surface area (TPSA) is 171 Å². The maximum atomic E-state index is 11.7. The van der Waals surface area contributed by atoms with Crippen LogP contribution in [0.4, 0.5) is 5.95 Å². The zero-order chi connectivity index (χ0) is 18.6. The Morgan fingerprint density at radius 3 is 2.84 bits per heavy atom. The Labute approximate surface area is 142 Å². The van der Waals surface area contributed by atoms with Crippen molar-refractivity contribution in [1.82, 2.24) is 19.5 Å². The van der Waals surface area contributed by atoms with E-state index in [4.69, 9.17) is 20.9 Å². The van der Waals surface area contributed by atoms with Crippen molar-refractivity contribution in [1.29, 1.82) is 0 Å². The van der Waals surface area contributed by atoms with Crippen molar-refractivity contribution < 1.29 is 19.4 Å². The smallest absolute Gasteiger partial charge is 0.323 e. The Morgan fingerprint density at radius 1 is 1.44 bits per heavy atom. The molecule has 11 nitrogen and oxygen atoms in total. The van der Waals surface area contributed by atoms with Gasteiger partial charge in [-0.3, -0.25) is 19.1 Å². The van der Waals surface area contributed by atoms with Crippen molar-refractivity contribution in [3.8, 4) is 0 Å². The number of H-pyrrole nitrogens is 1. The third-order valence-electron chi connectivity index (χ3n) is 3.44. The van der Waals surface area contributed by atoms with Crippen molar-refractivity contribution in [3.05, 3.63) is 16.7 Å². The first-order valence-electron chi connectivity index (χ1n) is 7.68. The van der Waals surface area contributed by atoms with Crippen molar-refractivity contribution in [3.63, 3.8) is 0 Å². The lowest BCUT2D eigenvalue weighted by atomic mass is 10.1. The number of esters is 1. The number of nitrogens with one attached hydrogen (secondary N) is 1. The summed E-state index contributed by atoms with van der Waals surface area (Å²) in [6.45, 7) is 3.26. The fourth-order valence-electron chi connectivity index (χ4n) is 1.95. The molecule has 11 heteroatoms. The number of aromatic nitrogens is 4. The Balaban J connectivity index is 1.83. The van der Waals surface area contributed by atoms with Crippen LogP contribution in [0.15, 0.2) is 11.1 Å². The van der Waals surface area contributed by atoms with E-state index in [1.165, 1.54) is 10.9 Å². The van der Waals surface area contributed by atoms with Gasteiger partial charge >= 0.3 is 5.97 Å². The van der Waals surface area contributed by atoms with Gasteiger partial charge in [-0.1, -0.05) is 13.8 Å². The molecule has 0 fully saturated rings. The van der Waals surface area contributed by atoms with Gasteiger partial charge in [0.2, 0.25) is 5.95 Å². The van der Waals surface area contributed by atoms with Crippen molar-refractivity contribution in [2.75, 3.05) is 18.9 Å². The Morgan fingerprint density at radius 2 is 2.16 bits per heavy atom. The summed E-state index contributed by atoms with van der Waals surface area (Å²) >= 11 is 0. The van der Waals surface area contributed by atoms with E-state index in [2.05, 4.69) is 15.0 Å². The largest absolute Gasteiger partial charge is 0.462 e. The zero-order valence-electron chi connectivity index (χ0n) is 14.0. The molecule has 0 aliphatic heterocycles. The molecule has 0 aliphatic carbocycles. The molecule has 138 valence electrons. The zero-order valence-corrected chi connectivity index (χ0v) is 14.0. The van der Waals surface area contributed by atoms with Gasteiger partial charge in [0, 0.05) is 0 Å². The van der Waals surface area contributed by atoms with Gasteiger partial charge in [0.05, 0.1) is 12.9 Å². The molecule has 0 saturated heterocycles. The summed E-state index contributed by atoms with van der Waals surface area (Å²) in [6.07, 6.45) is 0.361. The van der Waals surface area contributed by atoms with Crippen LogP contribution in [-0.4, -0.2) is 56.0 Å². The molecule has 2 aromatic heterocycles. The molecule has 0 bridgehead atoms. The summed E-state index contributed by atoms with van der Waals surface area (Å²) in [5.74, 6) is -0.667. The number of hydrogen-bond donors (Lipinski definition) is 4. The summed E-state index contributed by atoms with van der Waals surface area (Å²) in [5.41, 5.74) is 11.1. The standard InChI is InChI=1S/C14H22N6O5/c1-7(2)9(15)13(23)25-4-8(21)3-24-6-20-5-17-10-11(20)18-14(16)19-12(10)22/h5,7-9,21H,3-4,6,15H2,1-2H3,(H3,16,18,19,22)/t8?,9-/m0/s1. The van der Waals surface area contributed by atoms with E-state index in [1.54, 1.807) is 13.8 Å². The number of ether oxygens (including phenoxy) is 2. The number of nitrogens with two attached hydrogens (primary N) is 2. The summed E-state index contributed by atoms with van der Waals surface area (Å²) in [4.78, 5) is 33.5. The number of aliphatic hydroxyl groups excluding tert-OH is 1. The lowest BCUT2D eigenvalue weighted by Gasteiger charge is -2.16. The molecule has 0 amide bonds. The molecule has 0 saturated carbocycles. The van der Waals surface area contributed by atoms with E-state index in [9.17, 15) is 14.7 Å². The predicted octanol–water partition coefficient (Wildman–Crippen LogP) is -1.44. The van der Waals surface area contributed by atoms with E-state index in [1.807, 2.05) is 0 Å². The Bertz CT molecular complexity index is 786. The van der Waals surface area contributed by atoms with Gasteiger partial charge in [-0.05, 0) is 5.92 Å². The van der Waals surface area contributed by atoms with Crippen LogP contribution in [0.25, 0.3) is 11.2 Å². The fourth-order valence-corrected chi connectivity index (χ4v) is 1.95. The van der Waals surface area contributed by atoms with Crippen LogP contribution in [0.2, 0.25) is 0 Å². The molecule has 2 rings (SSSR count). The molecular formula is C14H22N6O5. The normalized spacial score (nSPS) is 14.0. The molecule has 0 radical (unpaired) electrons. The van der Waals surface area contributed by atoms with Crippen LogP contribution in [0, 0.1) is 5.92 Å². The third-order valence-corrected chi connectivity index (χ3v) is 3.44. The molecule has 0 aliphatic rings. The van der Waals surface area contributed by atoms with Crippen molar-refractivity contribution >= 4 is 23.1 Å². The first-order chi connectivity index (χ1) is 11.8. The predicted molar refractivity (Wildman–Crippen MR) is 88.3 cm³/mol. The number of anilines is 1. The van der Waals surface area contributed by atoms with E-state index < -0.39 is 23.7 Å². The first kappa shape index (κ1) is 18.8. The molecule has 0 spiro atoms. The number of carbonyl (C=O) groups excluding carboxylic acids is 1. The molecule has 6 N–H and O–H groups in total. The van der Waals surface area contributed by atoms with Crippen molar-refractivity contribution in [2.45, 2.75) is 32.7 Å². The highest BCUT2D eigenvalue weighted by Gasteiger charge is 2.20. The van der Waals surface area contributed by atoms with Gasteiger partial charge in [-0.2, -0.15) is 4.98 Å². The van der Waals surface area contributed by atoms with Gasteiger partial charge in [0.25, 0.3) is 5.56 Å². The van der Waals surface area contributed by atoms with E-state index in [-0.39, 0.29) is 43.0 Å². The minimum Gasteiger partial charge on any atom is -0.462 e. The van der Waals surface area contributed by atoms with Gasteiger partial charge in [-0.15, -0.1) is 0 Å². The highest BCUT2D eigenvalue weighted by atomic mass is 16.6. The molecule has 25 heavy (non-hydrogen) atoms. The van der Waals surface area contributed by atoms with Gasteiger partial charge in [-0.25, -0.2) is 4.98 Å². The van der Waals surface area contributed by atoms with Crippen LogP contribution < -0.4 is 17.0 Å². The van der Waals surface area contributed by atoms with Crippen LogP contribution in [0.1, 0.15) is 13.8 Å². The second-order valence-electron chi connectivity index (χ2n) is 5.89. The third kappa shape index (κ3) is 4.75. The summed E-state index contributed by atoms with van der Waals surface area (Å²) in [5, 5.41) is 9.79. The Hall–Kier alpha value is -2.50. The maximum Gasteiger partial charge on any atom is 0.323 e. The quantitative estimate of drug-likeness (QED) is 0.414. The monoisotopic (exact) mass is 354 g/mol. The van der Waals surface area contributed by atoms with Crippen LogP contribution in [0.3, 0.4) is 0 Å². The minimum atomic E-state index is -1.01. The number of nitrogens with zero attached hydrogens (tertiary/aromatic N) is 3. The molecule has 2 atom stereocenters. The van der Waals surface area contributed by atoms with Gasteiger partial charge in [0.1, 0.15) is 25.5 Å². The average Bonchev–Trinajstić information content (AvgIpc) is 2.95. The average molecular weight is 354 g/mol. The Kier molecular flexibility index (Phi) is 6.07. The van der Waals surface area contributed by atoms with Crippen LogP contribution >= 0.6 is 0 Å². The van der Waals surface area contributed by atoms with E-state index in [0.29, 0.717) is 0 Å². The highest BCUT2D eigenvalue weighted by molar-refractivity contribution is 5.75. The highest BCUT2D eigenvalue weighted by Crippen LogP contribution is 2.07. The van der Waals surface area contributed by atoms with Crippen LogP contribution in [-0.2, 0) is 21.0 Å². The summed E-state index contributed by atoms with van der Waals surface area (Å²) in [6, 6.07) is -0.736. The second kappa shape index (κ2) is 8.05. The summed E-state index contributed by atoms with van der Waals surface area (Å²) in [7, 11) is 0. The van der Waals surface area contributed by atoms with Crippen molar-refractivity contribution in [2.24, 2.45) is 11.7 Å². The number of rotatable bonds is 8. The molecule has 0 aromatic carbocycles. The lowest BCUT2D eigenvalue weighted by Crippen LogP contribution is -2.38. The molecule has 2 aromatic rings. The van der Waals surface area contributed by atoms with E-state index >= 15 is 0 Å².